The van der Waals surface area contributed by atoms with E-state index in [0.717, 1.165) is 35.7 Å². The van der Waals surface area contributed by atoms with Crippen molar-refractivity contribution < 1.29 is 13.2 Å². The number of carbonyl (C=O) groups excluding carboxylic acids is 1. The van der Waals surface area contributed by atoms with E-state index >= 15 is 0 Å². The summed E-state index contributed by atoms with van der Waals surface area (Å²) >= 11 is 3.48. The van der Waals surface area contributed by atoms with Crippen LogP contribution in [0, 0.1) is 0 Å². The molecular weight excluding hydrogens is 426 g/mol. The molecule has 142 valence electrons. The Kier molecular flexibility index (Phi) is 5.12. The monoisotopic (exact) mass is 447 g/mol. The molecule has 0 radical (unpaired) electrons. The number of benzene rings is 2. The van der Waals surface area contributed by atoms with Crippen molar-refractivity contribution in [1.29, 1.82) is 0 Å². The third kappa shape index (κ3) is 3.57. The maximum Gasteiger partial charge on any atom is 0.221 e. The van der Waals surface area contributed by atoms with Crippen molar-refractivity contribution in [3.8, 4) is 11.1 Å². The van der Waals surface area contributed by atoms with E-state index in [0.29, 0.717) is 16.0 Å². The minimum atomic E-state index is -3.62. The summed E-state index contributed by atoms with van der Waals surface area (Å²) in [5.41, 5.74) is 2.29. The van der Waals surface area contributed by atoms with Gasteiger partial charge in [-0.3, -0.25) is 4.79 Å². The van der Waals surface area contributed by atoms with Gasteiger partial charge in [-0.25, -0.2) is 8.42 Å². The highest BCUT2D eigenvalue weighted by molar-refractivity contribution is 9.10. The van der Waals surface area contributed by atoms with Gasteiger partial charge < -0.3 is 5.32 Å². The van der Waals surface area contributed by atoms with Gasteiger partial charge in [0, 0.05) is 22.5 Å². The molecule has 1 N–H and O–H groups in total. The summed E-state index contributed by atoms with van der Waals surface area (Å²) in [6.07, 6.45) is 5.38. The summed E-state index contributed by atoms with van der Waals surface area (Å²) in [6, 6.07) is 12.8. The Morgan fingerprint density at radius 3 is 2.56 bits per heavy atom. The highest BCUT2D eigenvalue weighted by atomic mass is 79.9. The molecule has 1 aliphatic carbocycles. The molecule has 1 heterocycles. The maximum atomic E-state index is 13.3. The van der Waals surface area contributed by atoms with Crippen LogP contribution in [-0.4, -0.2) is 20.4 Å². The van der Waals surface area contributed by atoms with Crippen LogP contribution in [0.1, 0.15) is 49.3 Å². The smallest absolute Gasteiger partial charge is 0.221 e. The number of amides is 1. The first-order valence-electron chi connectivity index (χ1n) is 9.39. The lowest BCUT2D eigenvalue weighted by Gasteiger charge is -2.29. The fourth-order valence-electron chi connectivity index (χ4n) is 4.22. The standard InChI is InChI=1S/C21H22BrNO3S/c22-14-10-11-17-18(12-14)16-8-4-5-9-19(16)27(25,26)20(17)13-21(24)23-15-6-2-1-3-7-15/h4-5,8-12,15,20H,1-3,6-7,13H2,(H,23,24). The molecular formula is C21H22BrNO3S. The summed E-state index contributed by atoms with van der Waals surface area (Å²) < 4.78 is 27.5. The van der Waals surface area contributed by atoms with E-state index in [9.17, 15) is 13.2 Å². The van der Waals surface area contributed by atoms with Gasteiger partial charge in [0.15, 0.2) is 9.84 Å². The predicted molar refractivity (Wildman–Crippen MR) is 109 cm³/mol. The Labute approximate surface area is 168 Å². The first-order valence-corrected chi connectivity index (χ1v) is 11.7. The number of nitrogens with one attached hydrogen (secondary N) is 1. The van der Waals surface area contributed by atoms with Crippen LogP contribution < -0.4 is 5.32 Å². The molecule has 1 saturated carbocycles. The Morgan fingerprint density at radius 2 is 1.78 bits per heavy atom. The van der Waals surface area contributed by atoms with Gasteiger partial charge in [0.05, 0.1) is 4.90 Å². The van der Waals surface area contributed by atoms with E-state index in [1.165, 1.54) is 6.42 Å². The zero-order valence-electron chi connectivity index (χ0n) is 14.9. The molecule has 1 amide bonds. The van der Waals surface area contributed by atoms with E-state index in [4.69, 9.17) is 0 Å². The van der Waals surface area contributed by atoms with Crippen LogP contribution in [0.15, 0.2) is 51.8 Å². The second-order valence-electron chi connectivity index (χ2n) is 7.37. The van der Waals surface area contributed by atoms with Crippen LogP contribution in [0.25, 0.3) is 11.1 Å². The van der Waals surface area contributed by atoms with Gasteiger partial charge in [0.1, 0.15) is 5.25 Å². The number of carbonyl (C=O) groups is 1. The average Bonchev–Trinajstić information content (AvgIpc) is 2.66. The Morgan fingerprint density at radius 1 is 1.04 bits per heavy atom. The highest BCUT2D eigenvalue weighted by Gasteiger charge is 2.39. The number of halogens is 1. The van der Waals surface area contributed by atoms with Crippen LogP contribution in [-0.2, 0) is 14.6 Å². The van der Waals surface area contributed by atoms with E-state index in [1.54, 1.807) is 12.1 Å². The largest absolute Gasteiger partial charge is 0.353 e. The molecule has 1 atom stereocenters. The molecule has 1 unspecified atom stereocenters. The minimum Gasteiger partial charge on any atom is -0.353 e. The van der Waals surface area contributed by atoms with Crippen molar-refractivity contribution in [1.82, 2.24) is 5.32 Å². The topological polar surface area (TPSA) is 63.2 Å². The fraction of sp³-hybridized carbons (Fsp3) is 0.381. The molecule has 0 saturated heterocycles. The molecule has 2 aromatic rings. The van der Waals surface area contributed by atoms with Crippen molar-refractivity contribution in [2.24, 2.45) is 0 Å². The van der Waals surface area contributed by atoms with E-state index in [-0.39, 0.29) is 18.4 Å². The lowest BCUT2D eigenvalue weighted by molar-refractivity contribution is -0.122. The molecule has 0 bridgehead atoms. The summed E-state index contributed by atoms with van der Waals surface area (Å²) in [6.45, 7) is 0. The molecule has 2 aromatic carbocycles. The SMILES string of the molecule is O=C(CC1c2ccc(Br)cc2-c2ccccc2S1(=O)=O)NC1CCCCC1. The van der Waals surface area contributed by atoms with Gasteiger partial charge in [0.2, 0.25) is 5.91 Å². The fourth-order valence-corrected chi connectivity index (χ4v) is 6.55. The summed E-state index contributed by atoms with van der Waals surface area (Å²) in [4.78, 5) is 13.0. The lowest BCUT2D eigenvalue weighted by Crippen LogP contribution is -2.37. The third-order valence-electron chi connectivity index (χ3n) is 5.56. The van der Waals surface area contributed by atoms with Crippen molar-refractivity contribution in [2.45, 2.75) is 54.7 Å². The van der Waals surface area contributed by atoms with Gasteiger partial charge in [-0.2, -0.15) is 0 Å². The van der Waals surface area contributed by atoms with Crippen molar-refractivity contribution >= 4 is 31.7 Å². The van der Waals surface area contributed by atoms with Gasteiger partial charge in [-0.15, -0.1) is 0 Å². The van der Waals surface area contributed by atoms with Gasteiger partial charge in [-0.1, -0.05) is 59.5 Å². The number of fused-ring (bicyclic) bond motifs is 3. The maximum absolute atomic E-state index is 13.3. The van der Waals surface area contributed by atoms with Crippen LogP contribution in [0.4, 0.5) is 0 Å². The summed E-state index contributed by atoms with van der Waals surface area (Å²) in [7, 11) is -3.62. The van der Waals surface area contributed by atoms with Gasteiger partial charge in [-0.05, 0) is 42.2 Å². The third-order valence-corrected chi connectivity index (χ3v) is 8.19. The van der Waals surface area contributed by atoms with Crippen molar-refractivity contribution in [2.75, 3.05) is 0 Å². The number of sulfone groups is 1. The zero-order valence-corrected chi connectivity index (χ0v) is 17.4. The van der Waals surface area contributed by atoms with Crippen molar-refractivity contribution in [3.05, 3.63) is 52.5 Å². The van der Waals surface area contributed by atoms with Gasteiger partial charge >= 0.3 is 0 Å². The zero-order chi connectivity index (χ0) is 19.0. The number of rotatable bonds is 3. The molecule has 27 heavy (non-hydrogen) atoms. The number of hydrogen-bond acceptors (Lipinski definition) is 3. The van der Waals surface area contributed by atoms with Crippen LogP contribution in [0.5, 0.6) is 0 Å². The Bertz CT molecular complexity index is 981. The summed E-state index contributed by atoms with van der Waals surface area (Å²) in [5.74, 6) is -0.177. The molecule has 1 aliphatic heterocycles. The van der Waals surface area contributed by atoms with Crippen LogP contribution in [0.2, 0.25) is 0 Å². The highest BCUT2D eigenvalue weighted by Crippen LogP contribution is 2.46. The number of hydrogen-bond donors (Lipinski definition) is 1. The normalized spacial score (nSPS) is 21.1. The molecule has 0 spiro atoms. The molecule has 0 aromatic heterocycles. The minimum absolute atomic E-state index is 0.0399. The second-order valence-corrected chi connectivity index (χ2v) is 10.4. The van der Waals surface area contributed by atoms with Crippen LogP contribution in [0.3, 0.4) is 0 Å². The first-order chi connectivity index (χ1) is 13.0. The molecule has 1 fully saturated rings. The van der Waals surface area contributed by atoms with Gasteiger partial charge in [0.25, 0.3) is 0 Å². The molecule has 4 rings (SSSR count). The molecule has 6 heteroatoms. The predicted octanol–water partition coefficient (Wildman–Crippen LogP) is 4.78. The summed E-state index contributed by atoms with van der Waals surface area (Å²) in [5, 5.41) is 2.21. The second kappa shape index (κ2) is 7.40. The average molecular weight is 448 g/mol. The first kappa shape index (κ1) is 18.7. The molecule has 2 aliphatic rings. The Hall–Kier alpha value is -1.66. The lowest BCUT2D eigenvalue weighted by atomic mass is 9.94. The van der Waals surface area contributed by atoms with E-state index in [1.807, 2.05) is 30.3 Å². The van der Waals surface area contributed by atoms with E-state index in [2.05, 4.69) is 21.2 Å². The Balaban J connectivity index is 1.69. The molecule has 4 nitrogen and oxygen atoms in total. The van der Waals surface area contributed by atoms with Crippen molar-refractivity contribution in [3.63, 3.8) is 0 Å². The van der Waals surface area contributed by atoms with Crippen LogP contribution >= 0.6 is 15.9 Å². The quantitative estimate of drug-likeness (QED) is 0.735. The van der Waals surface area contributed by atoms with E-state index < -0.39 is 15.1 Å².